The lowest BCUT2D eigenvalue weighted by atomic mass is 9.99. The quantitative estimate of drug-likeness (QED) is 0.0144. The minimum Gasteiger partial charge on any atom is -0.508 e. The number of aliphatic imine (C=N–C) groups is 1. The van der Waals surface area contributed by atoms with Gasteiger partial charge in [-0.05, 0) is 85.4 Å². The van der Waals surface area contributed by atoms with Gasteiger partial charge < -0.3 is 89.2 Å². The van der Waals surface area contributed by atoms with Crippen LogP contribution in [0.4, 0.5) is 0 Å². The van der Waals surface area contributed by atoms with Gasteiger partial charge in [-0.3, -0.25) is 48.1 Å². The molecule has 0 unspecified atom stereocenters. The van der Waals surface area contributed by atoms with Gasteiger partial charge in [-0.2, -0.15) is 0 Å². The molecule has 29 nitrogen and oxygen atoms in total. The van der Waals surface area contributed by atoms with Crippen LogP contribution in [0.1, 0.15) is 81.2 Å². The van der Waals surface area contributed by atoms with Crippen molar-refractivity contribution < 1.29 is 64.7 Å². The van der Waals surface area contributed by atoms with Gasteiger partial charge in [0.2, 0.25) is 53.2 Å². The van der Waals surface area contributed by atoms with Crippen molar-refractivity contribution in [3.05, 3.63) is 120 Å². The molecule has 0 radical (unpaired) electrons. The number of aliphatic carboxylic acids is 1. The summed E-state index contributed by atoms with van der Waals surface area (Å²) in [5.41, 5.74) is 14.2. The third-order valence-electron chi connectivity index (χ3n) is 15.9. The van der Waals surface area contributed by atoms with Crippen molar-refractivity contribution in [2.24, 2.45) is 22.4 Å². The molecule has 2 aliphatic rings. The van der Waals surface area contributed by atoms with E-state index < -0.39 is 121 Å². The number of guanidine groups is 1. The van der Waals surface area contributed by atoms with Crippen LogP contribution in [0, 0.1) is 5.92 Å². The number of rotatable bonds is 31. The summed E-state index contributed by atoms with van der Waals surface area (Å²) < 4.78 is 9.41. The monoisotopic (exact) mass is 1260 g/mol. The number of amides is 9. The Morgan fingerprint density at radius 1 is 0.692 bits per heavy atom. The number of carbonyl (C=O) groups excluding carboxylic acids is 9. The highest BCUT2D eigenvalue weighted by Gasteiger charge is 2.40. The van der Waals surface area contributed by atoms with E-state index in [1.807, 2.05) is 0 Å². The first-order valence-electron chi connectivity index (χ1n) is 30.5. The second kappa shape index (κ2) is 31.2. The maximum atomic E-state index is 15.1. The average Bonchev–Trinajstić information content (AvgIpc) is 1.54. The van der Waals surface area contributed by atoms with E-state index in [1.165, 1.54) is 41.7 Å². The molecule has 29 heteroatoms. The van der Waals surface area contributed by atoms with E-state index in [0.717, 1.165) is 0 Å². The SMILES string of the molecule is [2H]N(C(=O)[C@H](CO)NC(=O)[C@H](Cc1c[nH]c2ccccc12)NC(=O)[C@H](Cc1cnc[nH]1)NC(=O)[C@@H]1CCC(=O)N1)[C@@H](Cc1ccc(O)cc1)C(=O)N[C@@H](Cc1c[nH]c2ccccc12)C(=O)N[C@@H](CC(C)C)C(=O)N[C@@H](CCCN=C(N)N)C(=O)N1CCC[C@H]1C(=O)O. The number of benzene rings is 3. The van der Waals surface area contributed by atoms with Crippen molar-refractivity contribution in [3.63, 3.8) is 0 Å². The van der Waals surface area contributed by atoms with Gasteiger partial charge in [0.1, 0.15) is 60.1 Å². The van der Waals surface area contributed by atoms with E-state index in [-0.39, 0.29) is 99.7 Å². The Labute approximate surface area is 523 Å². The summed E-state index contributed by atoms with van der Waals surface area (Å²) in [6.45, 7) is 2.63. The predicted molar refractivity (Wildman–Crippen MR) is 332 cm³/mol. The number of nitrogens with one attached hydrogen (secondary N) is 11. The fraction of sp³-hybridized carbons (Fsp3) is 0.419. The number of carbonyl (C=O) groups is 10. The number of likely N-dealkylation sites (tertiary alicyclic amines) is 1. The van der Waals surface area contributed by atoms with Crippen molar-refractivity contribution >= 4 is 86.9 Å². The Morgan fingerprint density at radius 2 is 1.25 bits per heavy atom. The van der Waals surface area contributed by atoms with Gasteiger partial charge in [-0.25, -0.2) is 9.78 Å². The van der Waals surface area contributed by atoms with Crippen molar-refractivity contribution in [1.29, 1.82) is 0 Å². The number of fused-ring (bicyclic) bond motifs is 2. The Balaban J connectivity index is 1.07. The summed E-state index contributed by atoms with van der Waals surface area (Å²) in [7, 11) is 0. The van der Waals surface area contributed by atoms with E-state index in [9.17, 15) is 55.1 Å². The number of aromatic amines is 3. The summed E-state index contributed by atoms with van der Waals surface area (Å²) in [6, 6.07) is 6.68. The topological polar surface area (TPSA) is 456 Å². The summed E-state index contributed by atoms with van der Waals surface area (Å²) >= 11 is 0. The maximum absolute atomic E-state index is 15.1. The molecular formula is C62H78N16O13. The highest BCUT2D eigenvalue weighted by molar-refractivity contribution is 6.00. The number of hydrogen-bond acceptors (Lipinski definition) is 14. The molecule has 8 rings (SSSR count). The van der Waals surface area contributed by atoms with Crippen molar-refractivity contribution in [3.8, 4) is 5.75 Å². The number of nitrogens with zero attached hydrogens (tertiary/aromatic N) is 3. The van der Waals surface area contributed by atoms with Crippen LogP contribution in [0.3, 0.4) is 0 Å². The molecule has 0 saturated carbocycles. The Morgan fingerprint density at radius 3 is 1.80 bits per heavy atom. The molecule has 9 amide bonds. The molecule has 5 heterocycles. The fourth-order valence-electron chi connectivity index (χ4n) is 11.2. The standard InChI is InChI=1S/C62H78N16O13/c1-33(2)23-45(54(83)71-44(13-7-21-66-62(63)64)60(89)78-22-8-14-51(78)61(90)91)72-56(85)47(25-35-28-67-41-11-5-3-9-39(35)41)74-55(84)46(24-34-15-17-38(80)18-16-34)73-59(88)50(31-79)77-57(86)48(26-36-29-68-42-12-6-4-10-40(36)42)75-58(87)49(27-37-30-65-32-69-37)76-53(82)43-19-20-52(81)70-43/h3-6,9-12,15-18,28-30,32-33,43-51,67-68,79-80H,7-8,13-14,19-27,31H2,1-2H3,(H,65,69)(H,70,81)(H,71,83)(H,72,85)(H,73,88)(H,74,84)(H,75,87)(H,76,82)(H,77,86)(H,90,91)(H4,63,64,66)/t43-,44-,45-,46-,47-,48-,49-,50-,51-/m0/s1/i/hD. The molecule has 91 heavy (non-hydrogen) atoms. The lowest BCUT2D eigenvalue weighted by Crippen LogP contribution is -2.61. The first-order valence-corrected chi connectivity index (χ1v) is 30.0. The van der Waals surface area contributed by atoms with Crippen molar-refractivity contribution in [2.45, 2.75) is 139 Å². The largest absolute Gasteiger partial charge is 0.508 e. The van der Waals surface area contributed by atoms with E-state index in [1.54, 1.807) is 74.8 Å². The van der Waals surface area contributed by atoms with Crippen molar-refractivity contribution in [2.75, 3.05) is 19.7 Å². The summed E-state index contributed by atoms with van der Waals surface area (Å²) in [6.07, 6.45) is 6.05. The fourth-order valence-corrected chi connectivity index (χ4v) is 11.2. The number of aliphatic hydroxyl groups excluding tert-OH is 1. The number of carboxylic acid groups (broad SMARTS) is 1. The zero-order valence-electron chi connectivity index (χ0n) is 51.3. The van der Waals surface area contributed by atoms with Crippen molar-refractivity contribution in [1.82, 2.24) is 67.4 Å². The minimum absolute atomic E-state index is 0.00437. The number of carboxylic acids is 1. The summed E-state index contributed by atoms with van der Waals surface area (Å²) in [4.78, 5) is 159. The van der Waals surface area contributed by atoms with E-state index in [2.05, 4.69) is 62.1 Å². The zero-order chi connectivity index (χ0) is 66.2. The number of phenolic OH excluding ortho intramolecular Hbond substituents is 1. The number of H-pyrrole nitrogens is 3. The number of aliphatic hydroxyl groups is 1. The summed E-state index contributed by atoms with van der Waals surface area (Å²) in [5.74, 6) is -9.51. The van der Waals surface area contributed by atoms with Gasteiger partial charge in [0, 0.05) is 91.3 Å². The average molecular weight is 1260 g/mol. The lowest BCUT2D eigenvalue weighted by Gasteiger charge is -2.30. The van der Waals surface area contributed by atoms with E-state index >= 15 is 9.59 Å². The minimum atomic E-state index is -1.97. The Kier molecular flexibility index (Phi) is 22.4. The highest BCUT2D eigenvalue weighted by Crippen LogP contribution is 2.24. The Hall–Kier alpha value is -10.3. The van der Waals surface area contributed by atoms with Gasteiger partial charge in [0.25, 0.3) is 0 Å². The molecule has 3 aromatic carbocycles. The number of aromatic hydroxyl groups is 1. The molecule has 18 N–H and O–H groups in total. The zero-order valence-corrected chi connectivity index (χ0v) is 50.3. The summed E-state index contributed by atoms with van der Waals surface area (Å²) in [5, 5.41) is 51.3. The third kappa shape index (κ3) is 18.2. The first-order chi connectivity index (χ1) is 44.1. The first kappa shape index (κ1) is 65.1. The molecule has 2 aliphatic heterocycles. The van der Waals surface area contributed by atoms with Gasteiger partial charge in [0.05, 0.1) is 12.9 Å². The van der Waals surface area contributed by atoms with Crippen LogP contribution < -0.4 is 54.0 Å². The van der Waals surface area contributed by atoms with Gasteiger partial charge in [-0.1, -0.05) is 62.4 Å². The van der Waals surface area contributed by atoms with E-state index in [0.29, 0.717) is 50.6 Å². The molecule has 0 aliphatic carbocycles. The lowest BCUT2D eigenvalue weighted by molar-refractivity contribution is -0.149. The van der Waals surface area contributed by atoms with Gasteiger partial charge >= 0.3 is 5.97 Å². The van der Waals surface area contributed by atoms with Crippen LogP contribution in [0.5, 0.6) is 5.75 Å². The van der Waals surface area contributed by atoms with Crippen LogP contribution in [0.15, 0.2) is 103 Å². The molecule has 3 aromatic heterocycles. The van der Waals surface area contributed by atoms with Crippen LogP contribution in [-0.4, -0.2) is 179 Å². The second-order valence-corrected chi connectivity index (χ2v) is 23.1. The van der Waals surface area contributed by atoms with E-state index in [4.69, 9.17) is 11.5 Å². The molecule has 0 spiro atoms. The highest BCUT2D eigenvalue weighted by atomic mass is 16.4. The second-order valence-electron chi connectivity index (χ2n) is 23.1. The van der Waals surface area contributed by atoms with Crippen LogP contribution in [-0.2, 0) is 73.6 Å². The molecule has 2 saturated heterocycles. The molecule has 9 atom stereocenters. The van der Waals surface area contributed by atoms with Crippen LogP contribution in [0.2, 0.25) is 1.41 Å². The maximum Gasteiger partial charge on any atom is 0.326 e. The molecule has 2 fully saturated rings. The van der Waals surface area contributed by atoms with Gasteiger partial charge in [-0.15, -0.1) is 0 Å². The predicted octanol–water partition coefficient (Wildman–Crippen LogP) is -0.812. The normalized spacial score (nSPS) is 17.1. The number of nitrogens with two attached hydrogens (primary N) is 2. The number of aromatic nitrogens is 4. The molecule has 0 bridgehead atoms. The number of phenols is 1. The number of para-hydroxylation sites is 2. The molecular weight excluding hydrogens is 1180 g/mol. The van der Waals surface area contributed by atoms with Crippen LogP contribution >= 0.6 is 0 Å². The molecule has 484 valence electrons. The molecule has 6 aromatic rings. The number of imidazole rings is 1. The van der Waals surface area contributed by atoms with Crippen LogP contribution in [0.25, 0.3) is 21.8 Å². The Bertz CT molecular complexity index is 3650. The third-order valence-corrected chi connectivity index (χ3v) is 15.9. The smallest absolute Gasteiger partial charge is 0.326 e. The van der Waals surface area contributed by atoms with Gasteiger partial charge in [0.15, 0.2) is 7.37 Å². The number of hydrogen-bond donors (Lipinski definition) is 16.